The molecule has 5 nitrogen and oxygen atoms in total. The fraction of sp³-hybridized carbons (Fsp3) is 0.857. The van der Waals surface area contributed by atoms with E-state index in [1.165, 1.54) is 7.11 Å². The highest BCUT2D eigenvalue weighted by molar-refractivity contribution is 5.78. The molecule has 0 bridgehead atoms. The number of nitrogens with one attached hydrogen (secondary N) is 1. The zero-order chi connectivity index (χ0) is 9.03. The van der Waals surface area contributed by atoms with E-state index in [4.69, 9.17) is 14.6 Å². The molecule has 1 saturated heterocycles. The van der Waals surface area contributed by atoms with Crippen molar-refractivity contribution < 1.29 is 19.4 Å². The van der Waals surface area contributed by atoms with Crippen molar-refractivity contribution in [3.8, 4) is 0 Å². The van der Waals surface area contributed by atoms with Crippen molar-refractivity contribution in [3.63, 3.8) is 0 Å². The molecule has 1 atom stereocenters. The molecule has 0 aromatic heterocycles. The zero-order valence-corrected chi connectivity index (χ0v) is 7.00. The molecule has 0 aromatic carbocycles. The maximum Gasteiger partial charge on any atom is 0.339 e. The van der Waals surface area contributed by atoms with Crippen LogP contribution in [0.25, 0.3) is 0 Å². The molecule has 1 rings (SSSR count). The lowest BCUT2D eigenvalue weighted by Gasteiger charge is -2.32. The van der Waals surface area contributed by atoms with Crippen LogP contribution in [0.2, 0.25) is 0 Å². The van der Waals surface area contributed by atoms with Gasteiger partial charge in [-0.25, -0.2) is 4.79 Å². The molecular weight excluding hydrogens is 162 g/mol. The number of ether oxygens (including phenoxy) is 2. The summed E-state index contributed by atoms with van der Waals surface area (Å²) in [6, 6.07) is 0. The summed E-state index contributed by atoms with van der Waals surface area (Å²) >= 11 is 0. The van der Waals surface area contributed by atoms with Gasteiger partial charge >= 0.3 is 5.97 Å². The van der Waals surface area contributed by atoms with Gasteiger partial charge in [0.15, 0.2) is 0 Å². The van der Waals surface area contributed by atoms with Crippen molar-refractivity contribution in [3.05, 3.63) is 0 Å². The molecule has 1 fully saturated rings. The quantitative estimate of drug-likeness (QED) is 0.580. The normalized spacial score (nSPS) is 30.1. The Labute approximate surface area is 70.7 Å². The topological polar surface area (TPSA) is 67.8 Å². The molecule has 1 heterocycles. The summed E-state index contributed by atoms with van der Waals surface area (Å²) in [5.74, 6) is -0.975. The molecule has 0 spiro atoms. The first-order chi connectivity index (χ1) is 5.71. The van der Waals surface area contributed by atoms with Gasteiger partial charge in [-0.15, -0.1) is 0 Å². The Balaban J connectivity index is 2.63. The first-order valence-electron chi connectivity index (χ1n) is 3.78. The lowest BCUT2D eigenvalue weighted by Crippen LogP contribution is -2.57. The van der Waals surface area contributed by atoms with Crippen LogP contribution in [0.15, 0.2) is 0 Å². The van der Waals surface area contributed by atoms with Crippen LogP contribution < -0.4 is 5.32 Å². The SMILES string of the molecule is COCC1(C(=O)O)CNCCO1. The van der Waals surface area contributed by atoms with Crippen LogP contribution in [0.4, 0.5) is 0 Å². The third kappa shape index (κ3) is 1.74. The van der Waals surface area contributed by atoms with E-state index < -0.39 is 11.6 Å². The third-order valence-corrected chi connectivity index (χ3v) is 1.84. The lowest BCUT2D eigenvalue weighted by molar-refractivity contribution is -0.177. The molecule has 0 radical (unpaired) electrons. The third-order valence-electron chi connectivity index (χ3n) is 1.84. The zero-order valence-electron chi connectivity index (χ0n) is 7.00. The van der Waals surface area contributed by atoms with Crippen LogP contribution in [0, 0.1) is 0 Å². The van der Waals surface area contributed by atoms with Gasteiger partial charge in [0.2, 0.25) is 5.60 Å². The summed E-state index contributed by atoms with van der Waals surface area (Å²) in [6.45, 7) is 1.49. The highest BCUT2D eigenvalue weighted by Gasteiger charge is 2.41. The molecule has 2 N–H and O–H groups in total. The number of carboxylic acids is 1. The van der Waals surface area contributed by atoms with E-state index in [0.717, 1.165) is 0 Å². The van der Waals surface area contributed by atoms with E-state index in [1.54, 1.807) is 0 Å². The Morgan fingerprint density at radius 2 is 2.58 bits per heavy atom. The summed E-state index contributed by atoms with van der Waals surface area (Å²) in [7, 11) is 1.46. The first kappa shape index (κ1) is 9.44. The van der Waals surface area contributed by atoms with Crippen molar-refractivity contribution in [2.24, 2.45) is 0 Å². The van der Waals surface area contributed by atoms with Gasteiger partial charge in [-0.2, -0.15) is 0 Å². The van der Waals surface area contributed by atoms with Gasteiger partial charge in [0.25, 0.3) is 0 Å². The fourth-order valence-corrected chi connectivity index (χ4v) is 1.18. The monoisotopic (exact) mass is 175 g/mol. The Morgan fingerprint density at radius 3 is 3.00 bits per heavy atom. The fourth-order valence-electron chi connectivity index (χ4n) is 1.18. The van der Waals surface area contributed by atoms with Crippen molar-refractivity contribution in [1.82, 2.24) is 5.32 Å². The van der Waals surface area contributed by atoms with E-state index in [1.807, 2.05) is 0 Å². The molecule has 1 unspecified atom stereocenters. The van der Waals surface area contributed by atoms with E-state index in [0.29, 0.717) is 19.7 Å². The van der Waals surface area contributed by atoms with Gasteiger partial charge < -0.3 is 19.9 Å². The van der Waals surface area contributed by atoms with Gasteiger partial charge in [0.05, 0.1) is 13.2 Å². The van der Waals surface area contributed by atoms with E-state index in [2.05, 4.69) is 5.32 Å². The predicted octanol–water partition coefficient (Wildman–Crippen LogP) is -0.924. The highest BCUT2D eigenvalue weighted by Crippen LogP contribution is 2.13. The van der Waals surface area contributed by atoms with Gasteiger partial charge in [-0.3, -0.25) is 0 Å². The molecule has 70 valence electrons. The van der Waals surface area contributed by atoms with Crippen molar-refractivity contribution in [2.75, 3.05) is 33.4 Å². The summed E-state index contributed by atoms with van der Waals surface area (Å²) in [5.41, 5.74) is -1.19. The Kier molecular flexibility index (Phi) is 3.02. The van der Waals surface area contributed by atoms with Gasteiger partial charge in [-0.05, 0) is 0 Å². The molecule has 0 amide bonds. The number of rotatable bonds is 3. The van der Waals surface area contributed by atoms with Crippen LogP contribution in [0.5, 0.6) is 0 Å². The number of aliphatic carboxylic acids is 1. The van der Waals surface area contributed by atoms with Crippen LogP contribution in [-0.4, -0.2) is 50.1 Å². The minimum atomic E-state index is -1.19. The standard InChI is InChI=1S/C7H13NO4/c1-11-5-7(6(9)10)4-8-2-3-12-7/h8H,2-5H2,1H3,(H,9,10). The minimum absolute atomic E-state index is 0.0787. The maximum absolute atomic E-state index is 10.8. The number of hydrogen-bond acceptors (Lipinski definition) is 4. The van der Waals surface area contributed by atoms with Crippen LogP contribution in [-0.2, 0) is 14.3 Å². The summed E-state index contributed by atoms with van der Waals surface area (Å²) < 4.78 is 9.98. The van der Waals surface area contributed by atoms with Crippen LogP contribution in [0.1, 0.15) is 0 Å². The minimum Gasteiger partial charge on any atom is -0.479 e. The summed E-state index contributed by atoms with van der Waals surface area (Å²) in [5, 5.41) is 11.8. The highest BCUT2D eigenvalue weighted by atomic mass is 16.6. The summed E-state index contributed by atoms with van der Waals surface area (Å²) in [6.07, 6.45) is 0. The first-order valence-corrected chi connectivity index (χ1v) is 3.78. The molecule has 1 aliphatic rings. The Bertz CT molecular complexity index is 159. The second kappa shape index (κ2) is 3.84. The molecule has 5 heteroatoms. The average molecular weight is 175 g/mol. The van der Waals surface area contributed by atoms with Crippen molar-refractivity contribution in [1.29, 1.82) is 0 Å². The van der Waals surface area contributed by atoms with E-state index in [9.17, 15) is 4.79 Å². The predicted molar refractivity (Wildman–Crippen MR) is 41.1 cm³/mol. The van der Waals surface area contributed by atoms with Gasteiger partial charge in [-0.1, -0.05) is 0 Å². The largest absolute Gasteiger partial charge is 0.479 e. The molecule has 12 heavy (non-hydrogen) atoms. The number of hydrogen-bond donors (Lipinski definition) is 2. The van der Waals surface area contributed by atoms with Crippen LogP contribution >= 0.6 is 0 Å². The van der Waals surface area contributed by atoms with Gasteiger partial charge in [0, 0.05) is 20.2 Å². The van der Waals surface area contributed by atoms with Crippen LogP contribution in [0.3, 0.4) is 0 Å². The second-order valence-electron chi connectivity index (χ2n) is 2.76. The Hall–Kier alpha value is -0.650. The van der Waals surface area contributed by atoms with Crippen molar-refractivity contribution in [2.45, 2.75) is 5.60 Å². The number of carboxylic acid groups (broad SMARTS) is 1. The molecule has 1 aliphatic heterocycles. The average Bonchev–Trinajstić information content (AvgIpc) is 2.06. The van der Waals surface area contributed by atoms with E-state index >= 15 is 0 Å². The van der Waals surface area contributed by atoms with Gasteiger partial charge in [0.1, 0.15) is 0 Å². The maximum atomic E-state index is 10.8. The number of methoxy groups -OCH3 is 1. The van der Waals surface area contributed by atoms with E-state index in [-0.39, 0.29) is 6.61 Å². The summed E-state index contributed by atoms with van der Waals surface area (Å²) in [4.78, 5) is 10.8. The Morgan fingerprint density at radius 1 is 1.83 bits per heavy atom. The number of morpholine rings is 1. The lowest BCUT2D eigenvalue weighted by atomic mass is 10.0. The molecule has 0 saturated carbocycles. The molecular formula is C7H13NO4. The van der Waals surface area contributed by atoms with Crippen molar-refractivity contribution >= 4 is 5.97 Å². The molecule has 0 aromatic rings. The smallest absolute Gasteiger partial charge is 0.339 e. The molecule has 0 aliphatic carbocycles. The second-order valence-corrected chi connectivity index (χ2v) is 2.76. The number of carbonyl (C=O) groups is 1.